The summed E-state index contributed by atoms with van der Waals surface area (Å²) in [6.07, 6.45) is 0.809. The van der Waals surface area contributed by atoms with Gasteiger partial charge >= 0.3 is 0 Å². The van der Waals surface area contributed by atoms with Crippen LogP contribution in [0.1, 0.15) is 23.1 Å². The Morgan fingerprint density at radius 1 is 0.561 bits per heavy atom. The molecule has 0 aromatic heterocycles. The van der Waals surface area contributed by atoms with Gasteiger partial charge in [0.1, 0.15) is 0 Å². The van der Waals surface area contributed by atoms with E-state index in [9.17, 15) is 13.2 Å². The number of carbonyl (C=O) groups is 1. The minimum absolute atomic E-state index is 0.0726. The van der Waals surface area contributed by atoms with Crippen LogP contribution in [0.4, 0.5) is 0 Å². The zero-order chi connectivity index (χ0) is 28.5. The molecule has 0 bridgehead atoms. The molecule has 0 atom stereocenters. The Labute approximate surface area is 242 Å². The van der Waals surface area contributed by atoms with Crippen LogP contribution in [0.25, 0.3) is 10.8 Å². The lowest BCUT2D eigenvalue weighted by atomic mass is 10.1. The van der Waals surface area contributed by atoms with Crippen molar-refractivity contribution >= 4 is 26.7 Å². The third kappa shape index (κ3) is 7.48. The highest BCUT2D eigenvalue weighted by atomic mass is 32.2. The highest BCUT2D eigenvalue weighted by molar-refractivity contribution is 7.89. The molecule has 0 N–H and O–H groups in total. The van der Waals surface area contributed by atoms with Crippen molar-refractivity contribution in [3.63, 3.8) is 0 Å². The zero-order valence-electron chi connectivity index (χ0n) is 23.0. The van der Waals surface area contributed by atoms with Gasteiger partial charge in [-0.25, -0.2) is 8.42 Å². The Balaban J connectivity index is 1.37. The van der Waals surface area contributed by atoms with Crippen LogP contribution in [0.15, 0.2) is 138 Å². The highest BCUT2D eigenvalue weighted by Gasteiger charge is 2.26. The molecule has 0 saturated carbocycles. The molecular formula is C35H34N2O3S. The number of benzene rings is 5. The van der Waals surface area contributed by atoms with E-state index in [0.29, 0.717) is 13.1 Å². The van der Waals surface area contributed by atoms with E-state index in [4.69, 9.17) is 0 Å². The normalized spacial score (nSPS) is 11.5. The van der Waals surface area contributed by atoms with E-state index >= 15 is 0 Å². The minimum Gasteiger partial charge on any atom is -0.338 e. The molecule has 5 aromatic carbocycles. The first kappa shape index (κ1) is 28.3. The molecule has 0 aliphatic rings. The van der Waals surface area contributed by atoms with E-state index in [1.165, 1.54) is 4.31 Å². The molecular weight excluding hydrogens is 528 g/mol. The van der Waals surface area contributed by atoms with E-state index in [-0.39, 0.29) is 30.3 Å². The fraction of sp³-hybridized carbons (Fsp3) is 0.171. The van der Waals surface area contributed by atoms with Crippen molar-refractivity contribution in [3.05, 3.63) is 150 Å². The number of fused-ring (bicyclic) bond motifs is 1. The van der Waals surface area contributed by atoms with Crippen LogP contribution in [0.2, 0.25) is 0 Å². The Kier molecular flexibility index (Phi) is 9.24. The molecule has 208 valence electrons. The number of hydrogen-bond acceptors (Lipinski definition) is 3. The SMILES string of the molecule is O=C(CCN(Cc1ccccc1)S(=O)(=O)c1ccc2ccccc2c1)N(CCc1ccccc1)Cc1ccccc1. The first-order valence-electron chi connectivity index (χ1n) is 13.9. The second-order valence-corrected chi connectivity index (χ2v) is 12.1. The summed E-state index contributed by atoms with van der Waals surface area (Å²) in [6, 6.07) is 42.4. The van der Waals surface area contributed by atoms with Gasteiger partial charge in [0.05, 0.1) is 4.90 Å². The molecule has 0 unspecified atom stereocenters. The molecule has 0 heterocycles. The molecule has 6 heteroatoms. The third-order valence-corrected chi connectivity index (χ3v) is 9.06. The fourth-order valence-corrected chi connectivity index (χ4v) is 6.40. The fourth-order valence-electron chi connectivity index (χ4n) is 4.93. The zero-order valence-corrected chi connectivity index (χ0v) is 23.8. The number of amides is 1. The maximum atomic E-state index is 14.0. The largest absolute Gasteiger partial charge is 0.338 e. The number of nitrogens with zero attached hydrogens (tertiary/aromatic N) is 2. The smallest absolute Gasteiger partial charge is 0.243 e. The number of carbonyl (C=O) groups excluding carboxylic acids is 1. The van der Waals surface area contributed by atoms with Crippen LogP contribution in [0.5, 0.6) is 0 Å². The molecule has 0 spiro atoms. The Bertz CT molecular complexity index is 1670. The Hall–Kier alpha value is -4.26. The van der Waals surface area contributed by atoms with Crippen LogP contribution >= 0.6 is 0 Å². The maximum Gasteiger partial charge on any atom is 0.243 e. The van der Waals surface area contributed by atoms with Gasteiger partial charge in [-0.2, -0.15) is 4.31 Å². The quantitative estimate of drug-likeness (QED) is 0.170. The standard InChI is InChI=1S/C35H34N2O3S/c38-35(36(27-30-14-6-2-7-15-30)24-22-29-12-4-1-5-13-29)23-25-37(28-31-16-8-3-9-17-31)41(39,40)34-21-20-32-18-10-11-19-33(32)26-34/h1-21,26H,22-25,27-28H2. The first-order chi connectivity index (χ1) is 20.0. The molecule has 41 heavy (non-hydrogen) atoms. The second kappa shape index (κ2) is 13.4. The van der Waals surface area contributed by atoms with Gasteiger partial charge in [0.25, 0.3) is 0 Å². The first-order valence-corrected chi connectivity index (χ1v) is 15.3. The topological polar surface area (TPSA) is 57.7 Å². The summed E-state index contributed by atoms with van der Waals surface area (Å²) >= 11 is 0. The van der Waals surface area contributed by atoms with Gasteiger partial charge in [-0.05, 0) is 46.0 Å². The van der Waals surface area contributed by atoms with Crippen LogP contribution < -0.4 is 0 Å². The number of rotatable bonds is 12. The summed E-state index contributed by atoms with van der Waals surface area (Å²) in [5.41, 5.74) is 3.07. The lowest BCUT2D eigenvalue weighted by molar-refractivity contribution is -0.132. The van der Waals surface area contributed by atoms with Crippen molar-refractivity contribution < 1.29 is 13.2 Å². The highest BCUT2D eigenvalue weighted by Crippen LogP contribution is 2.24. The monoisotopic (exact) mass is 562 g/mol. The van der Waals surface area contributed by atoms with Gasteiger partial charge in [0, 0.05) is 32.6 Å². The van der Waals surface area contributed by atoms with Crippen LogP contribution in [-0.2, 0) is 34.3 Å². The van der Waals surface area contributed by atoms with Gasteiger partial charge in [-0.15, -0.1) is 0 Å². The molecule has 1 amide bonds. The summed E-state index contributed by atoms with van der Waals surface area (Å²) in [4.78, 5) is 15.7. The summed E-state index contributed by atoms with van der Waals surface area (Å²) in [5, 5.41) is 1.84. The molecule has 0 fully saturated rings. The molecule has 5 rings (SSSR count). The van der Waals surface area contributed by atoms with E-state index < -0.39 is 10.0 Å². The van der Waals surface area contributed by atoms with Crippen molar-refractivity contribution in [2.24, 2.45) is 0 Å². The minimum atomic E-state index is -3.86. The average molecular weight is 563 g/mol. The predicted octanol–water partition coefficient (Wildman–Crippen LogP) is 6.69. The van der Waals surface area contributed by atoms with Gasteiger partial charge in [-0.3, -0.25) is 4.79 Å². The van der Waals surface area contributed by atoms with Crippen LogP contribution in [-0.4, -0.2) is 36.6 Å². The molecule has 0 saturated heterocycles. The van der Waals surface area contributed by atoms with E-state index in [0.717, 1.165) is 33.9 Å². The average Bonchev–Trinajstić information content (AvgIpc) is 3.02. The van der Waals surface area contributed by atoms with Crippen LogP contribution in [0, 0.1) is 0 Å². The Morgan fingerprint density at radius 2 is 1.10 bits per heavy atom. The lowest BCUT2D eigenvalue weighted by Gasteiger charge is -2.26. The maximum absolute atomic E-state index is 14.0. The number of hydrogen-bond donors (Lipinski definition) is 0. The van der Waals surface area contributed by atoms with Gasteiger partial charge in [0.15, 0.2) is 0 Å². The second-order valence-electron chi connectivity index (χ2n) is 10.1. The van der Waals surface area contributed by atoms with Crippen molar-refractivity contribution in [2.45, 2.75) is 30.8 Å². The molecule has 5 aromatic rings. The summed E-state index contributed by atoms with van der Waals surface area (Å²) in [6.45, 7) is 1.29. The molecule has 0 radical (unpaired) electrons. The van der Waals surface area contributed by atoms with E-state index in [2.05, 4.69) is 12.1 Å². The summed E-state index contributed by atoms with van der Waals surface area (Å²) < 4.78 is 29.4. The van der Waals surface area contributed by atoms with Gasteiger partial charge < -0.3 is 4.90 Å². The Morgan fingerprint density at radius 3 is 1.73 bits per heavy atom. The van der Waals surface area contributed by atoms with Crippen molar-refractivity contribution in [1.29, 1.82) is 0 Å². The molecule has 0 aliphatic heterocycles. The van der Waals surface area contributed by atoms with E-state index in [1.807, 2.05) is 114 Å². The van der Waals surface area contributed by atoms with Gasteiger partial charge in [0.2, 0.25) is 15.9 Å². The third-order valence-electron chi connectivity index (χ3n) is 7.22. The summed E-state index contributed by atoms with van der Waals surface area (Å²) in [7, 11) is -3.86. The predicted molar refractivity (Wildman–Crippen MR) is 165 cm³/mol. The summed E-state index contributed by atoms with van der Waals surface area (Å²) in [5.74, 6) is -0.0726. The van der Waals surface area contributed by atoms with Crippen LogP contribution in [0.3, 0.4) is 0 Å². The van der Waals surface area contributed by atoms with Crippen molar-refractivity contribution in [1.82, 2.24) is 9.21 Å². The van der Waals surface area contributed by atoms with Gasteiger partial charge in [-0.1, -0.05) is 121 Å². The van der Waals surface area contributed by atoms with Crippen molar-refractivity contribution in [3.8, 4) is 0 Å². The number of sulfonamides is 1. The van der Waals surface area contributed by atoms with Crippen molar-refractivity contribution in [2.75, 3.05) is 13.1 Å². The molecule has 0 aliphatic carbocycles. The van der Waals surface area contributed by atoms with E-state index in [1.54, 1.807) is 12.1 Å². The lowest BCUT2D eigenvalue weighted by Crippen LogP contribution is -2.37. The molecule has 5 nitrogen and oxygen atoms in total.